The normalized spacial score (nSPS) is 15.1. The van der Waals surface area contributed by atoms with Crippen molar-refractivity contribution in [2.45, 2.75) is 19.5 Å². The Morgan fingerprint density at radius 2 is 1.91 bits per heavy atom. The van der Waals surface area contributed by atoms with Gasteiger partial charge in [-0.25, -0.2) is 4.39 Å². The Morgan fingerprint density at radius 3 is 2.53 bits per heavy atom. The minimum Gasteiger partial charge on any atom is -0.497 e. The van der Waals surface area contributed by atoms with Crippen molar-refractivity contribution >= 4 is 44.9 Å². The lowest BCUT2D eigenvalue weighted by Crippen LogP contribution is -2.28. The molecule has 0 aliphatic carbocycles. The largest absolute Gasteiger partial charge is 0.497 e. The molecule has 164 valence electrons. The number of hydrogen-bond donors (Lipinski definition) is 1. The van der Waals surface area contributed by atoms with Crippen LogP contribution in [0, 0.1) is 5.82 Å². The van der Waals surface area contributed by atoms with Gasteiger partial charge in [-0.05, 0) is 48.9 Å². The zero-order chi connectivity index (χ0) is 23.2. The van der Waals surface area contributed by atoms with E-state index in [4.69, 9.17) is 22.1 Å². The van der Waals surface area contributed by atoms with Crippen molar-refractivity contribution < 1.29 is 18.7 Å². The lowest BCUT2D eigenvalue weighted by Gasteiger charge is -2.27. The average molecular weight is 518 g/mol. The fourth-order valence-electron chi connectivity index (χ4n) is 4.03. The van der Waals surface area contributed by atoms with Crippen LogP contribution < -0.4 is 10.5 Å². The molecular weight excluding hydrogens is 499 g/mol. The van der Waals surface area contributed by atoms with E-state index in [1.807, 2.05) is 12.1 Å². The average Bonchev–Trinajstić information content (AvgIpc) is 3.05. The maximum atomic E-state index is 14.2. The number of fused-ring (bicyclic) bond motifs is 1. The molecule has 3 aromatic rings. The van der Waals surface area contributed by atoms with Gasteiger partial charge in [0.05, 0.1) is 24.4 Å². The lowest BCUT2D eigenvalue weighted by atomic mass is 9.94. The number of nitrogens with two attached hydrogens (primary N) is 1. The minimum atomic E-state index is -0.694. The van der Waals surface area contributed by atoms with Gasteiger partial charge in [0.2, 0.25) is 0 Å². The first kappa shape index (κ1) is 22.3. The minimum absolute atomic E-state index is 0.107. The number of nitrogen functional groups attached to an aromatic ring is 1. The van der Waals surface area contributed by atoms with Crippen LogP contribution in [0.5, 0.6) is 5.75 Å². The van der Waals surface area contributed by atoms with Gasteiger partial charge in [-0.2, -0.15) is 0 Å². The summed E-state index contributed by atoms with van der Waals surface area (Å²) >= 11 is 9.95. The highest BCUT2D eigenvalue weighted by Gasteiger charge is 2.42. The zero-order valence-electron chi connectivity index (χ0n) is 17.3. The van der Waals surface area contributed by atoms with Gasteiger partial charge in [0.25, 0.3) is 5.91 Å². The molecule has 0 radical (unpaired) electrons. The Bertz CT molecular complexity index is 1250. The molecule has 0 saturated carbocycles. The third kappa shape index (κ3) is 3.76. The van der Waals surface area contributed by atoms with Crippen molar-refractivity contribution in [3.8, 4) is 5.75 Å². The molecule has 32 heavy (non-hydrogen) atoms. The molecule has 0 spiro atoms. The number of Topliss-reactive ketones (excluding diaryl/α,β-unsaturated/α-hetero) is 1. The molecule has 3 aromatic carbocycles. The van der Waals surface area contributed by atoms with Crippen LogP contribution in [-0.2, 0) is 6.54 Å². The van der Waals surface area contributed by atoms with Crippen LogP contribution in [0.4, 0.5) is 10.1 Å². The second-order valence-electron chi connectivity index (χ2n) is 7.51. The van der Waals surface area contributed by atoms with Gasteiger partial charge in [0.1, 0.15) is 11.6 Å². The number of nitrogens with zero attached hydrogens (tertiary/aromatic N) is 1. The van der Waals surface area contributed by atoms with E-state index < -0.39 is 11.9 Å². The standard InChI is InChI=1S/C24H19BrClFN2O3/c1-12(30)16-10-18(25)20-21(22(16)28)24(31)29(11-13-3-6-15(32-2)7-4-13)23(20)17-9-14(27)5-8-19(17)26/h3-10,23H,11,28H2,1-2H3. The Balaban J connectivity index is 1.92. The van der Waals surface area contributed by atoms with Crippen LogP contribution >= 0.6 is 27.5 Å². The molecule has 0 saturated heterocycles. The van der Waals surface area contributed by atoms with Crippen LogP contribution in [0.25, 0.3) is 0 Å². The smallest absolute Gasteiger partial charge is 0.257 e. The fourth-order valence-corrected chi connectivity index (χ4v) is 4.89. The van der Waals surface area contributed by atoms with Gasteiger partial charge in [0, 0.05) is 32.7 Å². The first-order valence-electron chi connectivity index (χ1n) is 9.74. The van der Waals surface area contributed by atoms with Crippen LogP contribution in [0.3, 0.4) is 0 Å². The highest BCUT2D eigenvalue weighted by atomic mass is 79.9. The summed E-state index contributed by atoms with van der Waals surface area (Å²) in [5.74, 6) is -0.401. The summed E-state index contributed by atoms with van der Waals surface area (Å²) in [4.78, 5) is 27.3. The molecule has 5 nitrogen and oxygen atoms in total. The monoisotopic (exact) mass is 516 g/mol. The molecule has 1 heterocycles. The number of amides is 1. The molecule has 1 aliphatic heterocycles. The van der Waals surface area contributed by atoms with E-state index >= 15 is 0 Å². The first-order chi connectivity index (χ1) is 15.2. The number of ketones is 1. The Labute approximate surface area is 198 Å². The summed E-state index contributed by atoms with van der Waals surface area (Å²) in [5, 5.41) is 0.317. The van der Waals surface area contributed by atoms with E-state index in [1.54, 1.807) is 30.2 Å². The van der Waals surface area contributed by atoms with Gasteiger partial charge in [-0.15, -0.1) is 0 Å². The molecule has 1 unspecified atom stereocenters. The van der Waals surface area contributed by atoms with Crippen LogP contribution in [0.1, 0.15) is 50.4 Å². The highest BCUT2D eigenvalue weighted by Crippen LogP contribution is 2.48. The molecule has 8 heteroatoms. The molecule has 0 fully saturated rings. The summed E-state index contributed by atoms with van der Waals surface area (Å²) < 4.78 is 19.9. The lowest BCUT2D eigenvalue weighted by molar-refractivity contribution is 0.0736. The van der Waals surface area contributed by atoms with Gasteiger partial charge < -0.3 is 15.4 Å². The molecule has 1 atom stereocenters. The Kier molecular flexibility index (Phi) is 5.97. The number of ether oxygens (including phenoxy) is 1. The first-order valence-corrected chi connectivity index (χ1v) is 10.9. The number of halogens is 3. The topological polar surface area (TPSA) is 72.6 Å². The number of hydrogen-bond acceptors (Lipinski definition) is 4. The molecule has 0 bridgehead atoms. The van der Waals surface area contributed by atoms with Crippen LogP contribution in [-0.4, -0.2) is 23.7 Å². The predicted molar refractivity (Wildman–Crippen MR) is 125 cm³/mol. The SMILES string of the molecule is COc1ccc(CN2C(=O)c3c(N)c(C(C)=O)cc(Br)c3C2c2cc(F)ccc2Cl)cc1. The number of anilines is 1. The van der Waals surface area contributed by atoms with Crippen molar-refractivity contribution in [1.82, 2.24) is 4.90 Å². The van der Waals surface area contributed by atoms with E-state index in [1.165, 1.54) is 25.1 Å². The third-order valence-corrected chi connectivity index (χ3v) is 6.56. The summed E-state index contributed by atoms with van der Waals surface area (Å²) in [6, 6.07) is 12.2. The Hall–Kier alpha value is -2.90. The van der Waals surface area contributed by atoms with Crippen molar-refractivity contribution in [2.75, 3.05) is 12.8 Å². The van der Waals surface area contributed by atoms with E-state index in [-0.39, 0.29) is 35.0 Å². The third-order valence-electron chi connectivity index (χ3n) is 5.56. The summed E-state index contributed by atoms with van der Waals surface area (Å²) in [7, 11) is 1.57. The summed E-state index contributed by atoms with van der Waals surface area (Å²) in [6.45, 7) is 1.61. The number of carbonyl (C=O) groups excluding carboxylic acids is 2. The maximum absolute atomic E-state index is 14.2. The van der Waals surface area contributed by atoms with Gasteiger partial charge >= 0.3 is 0 Å². The van der Waals surface area contributed by atoms with Crippen LogP contribution in [0.2, 0.25) is 5.02 Å². The predicted octanol–water partition coefficient (Wildman–Crippen LogP) is 5.78. The van der Waals surface area contributed by atoms with Crippen molar-refractivity contribution in [3.05, 3.63) is 91.7 Å². The summed E-state index contributed by atoms with van der Waals surface area (Å²) in [5.41, 5.74) is 8.69. The maximum Gasteiger partial charge on any atom is 0.257 e. The van der Waals surface area contributed by atoms with Crippen molar-refractivity contribution in [1.29, 1.82) is 0 Å². The fraction of sp³-hybridized carbons (Fsp3) is 0.167. The number of methoxy groups -OCH3 is 1. The molecular formula is C24H19BrClFN2O3. The summed E-state index contributed by atoms with van der Waals surface area (Å²) in [6.07, 6.45) is 0. The number of benzene rings is 3. The molecule has 2 N–H and O–H groups in total. The second kappa shape index (κ2) is 8.56. The van der Waals surface area contributed by atoms with Gasteiger partial charge in [0.15, 0.2) is 5.78 Å². The van der Waals surface area contributed by atoms with E-state index in [0.717, 1.165) is 5.56 Å². The molecule has 1 amide bonds. The van der Waals surface area contributed by atoms with Crippen LogP contribution in [0.15, 0.2) is 53.0 Å². The molecule has 1 aliphatic rings. The van der Waals surface area contributed by atoms with Crippen molar-refractivity contribution in [2.24, 2.45) is 0 Å². The molecule has 4 rings (SSSR count). The number of carbonyl (C=O) groups is 2. The van der Waals surface area contributed by atoms with E-state index in [0.29, 0.717) is 26.4 Å². The van der Waals surface area contributed by atoms with Crippen molar-refractivity contribution in [3.63, 3.8) is 0 Å². The zero-order valence-corrected chi connectivity index (χ0v) is 19.6. The highest BCUT2D eigenvalue weighted by molar-refractivity contribution is 9.10. The quantitative estimate of drug-likeness (QED) is 0.344. The Morgan fingerprint density at radius 1 is 1.22 bits per heavy atom. The number of rotatable bonds is 5. The molecule has 0 aromatic heterocycles. The van der Waals surface area contributed by atoms with Gasteiger partial charge in [-0.3, -0.25) is 9.59 Å². The van der Waals surface area contributed by atoms with E-state index in [2.05, 4.69) is 15.9 Å². The second-order valence-corrected chi connectivity index (χ2v) is 8.78. The van der Waals surface area contributed by atoms with Gasteiger partial charge in [-0.1, -0.05) is 39.7 Å². The van der Waals surface area contributed by atoms with E-state index in [9.17, 15) is 14.0 Å².